The summed E-state index contributed by atoms with van der Waals surface area (Å²) in [5.74, 6) is 6.90. The number of carbonyl (C=O) groups is 1. The Kier molecular flexibility index (Phi) is 6.81. The molecular weight excluding hydrogens is 320 g/mol. The lowest BCUT2D eigenvalue weighted by Crippen LogP contribution is -2.15. The summed E-state index contributed by atoms with van der Waals surface area (Å²) in [5, 5.41) is 1.61. The summed E-state index contributed by atoms with van der Waals surface area (Å²) in [6.07, 6.45) is 0.0606. The van der Waals surface area contributed by atoms with E-state index in [4.69, 9.17) is 18.9 Å². The van der Waals surface area contributed by atoms with E-state index in [9.17, 15) is 4.79 Å². The van der Waals surface area contributed by atoms with Crippen LogP contribution in [-0.4, -0.2) is 40.0 Å². The van der Waals surface area contributed by atoms with E-state index >= 15 is 0 Å². The molecule has 5 nitrogen and oxygen atoms in total. The van der Waals surface area contributed by atoms with E-state index in [1.165, 1.54) is 7.11 Å². The topological polar surface area (TPSA) is 54.0 Å². The molecule has 0 aromatic heterocycles. The van der Waals surface area contributed by atoms with Crippen LogP contribution in [0.15, 0.2) is 24.3 Å². The van der Waals surface area contributed by atoms with Gasteiger partial charge in [-0.3, -0.25) is 4.79 Å². The zero-order valence-corrected chi connectivity index (χ0v) is 14.9. The maximum atomic E-state index is 11.7. The zero-order valence-electron chi connectivity index (χ0n) is 14.9. The quantitative estimate of drug-likeness (QED) is 0.438. The highest BCUT2D eigenvalue weighted by Crippen LogP contribution is 2.39. The molecule has 0 N–H and O–H groups in total. The lowest BCUT2D eigenvalue weighted by molar-refractivity contribution is -0.0969. The van der Waals surface area contributed by atoms with Gasteiger partial charge in [0.25, 0.3) is 0 Å². The van der Waals surface area contributed by atoms with Crippen molar-refractivity contribution in [3.05, 3.63) is 35.4 Å². The number of rotatable bonds is 7. The summed E-state index contributed by atoms with van der Waals surface area (Å²) < 4.78 is 21.9. The van der Waals surface area contributed by atoms with Crippen LogP contribution in [0.1, 0.15) is 29.8 Å². The molecule has 2 aromatic carbocycles. The lowest BCUT2D eigenvalue weighted by Gasteiger charge is -2.15. The van der Waals surface area contributed by atoms with Gasteiger partial charge in [-0.05, 0) is 19.8 Å². The molecule has 5 heteroatoms. The van der Waals surface area contributed by atoms with Crippen LogP contribution in [0.3, 0.4) is 0 Å². The standard InChI is InChI=1S/C20H22O5/c1-5-24-18(25-6-2)12-11-16-17(13-21)20(23-4)15-10-8-7-9-14(15)19(16)22-3/h7-10,13,18H,5-6H2,1-4H3. The molecule has 132 valence electrons. The minimum absolute atomic E-state index is 0.345. The number of aldehydes is 1. The number of methoxy groups -OCH3 is 2. The molecule has 0 unspecified atom stereocenters. The first-order valence-electron chi connectivity index (χ1n) is 8.08. The van der Waals surface area contributed by atoms with Gasteiger partial charge in [-0.25, -0.2) is 0 Å². The van der Waals surface area contributed by atoms with Gasteiger partial charge in [0, 0.05) is 24.0 Å². The fraction of sp³-hybridized carbons (Fsp3) is 0.350. The Balaban J connectivity index is 2.72. The van der Waals surface area contributed by atoms with Crippen LogP contribution >= 0.6 is 0 Å². The van der Waals surface area contributed by atoms with Gasteiger partial charge in [0.1, 0.15) is 11.5 Å². The molecule has 0 saturated carbocycles. The van der Waals surface area contributed by atoms with E-state index in [2.05, 4.69) is 11.8 Å². The SMILES string of the molecule is CCOC(C#Cc1c(C=O)c(OC)c2ccccc2c1OC)OCC. The van der Waals surface area contributed by atoms with Crippen LogP contribution in [0, 0.1) is 11.8 Å². The first-order chi connectivity index (χ1) is 12.2. The smallest absolute Gasteiger partial charge is 0.222 e. The summed E-state index contributed by atoms with van der Waals surface area (Å²) in [4.78, 5) is 11.7. The van der Waals surface area contributed by atoms with Crippen molar-refractivity contribution < 1.29 is 23.7 Å². The molecule has 0 aliphatic carbocycles. The second-order valence-electron chi connectivity index (χ2n) is 5.03. The molecule has 0 bridgehead atoms. The van der Waals surface area contributed by atoms with E-state index in [1.54, 1.807) is 7.11 Å². The van der Waals surface area contributed by atoms with Gasteiger partial charge in [0.15, 0.2) is 6.29 Å². The third-order valence-electron chi connectivity index (χ3n) is 3.63. The average molecular weight is 342 g/mol. The number of ether oxygens (including phenoxy) is 4. The van der Waals surface area contributed by atoms with Gasteiger partial charge in [0.05, 0.1) is 25.3 Å². The minimum atomic E-state index is -0.670. The maximum Gasteiger partial charge on any atom is 0.222 e. The molecule has 0 spiro atoms. The van der Waals surface area contributed by atoms with Crippen molar-refractivity contribution in [1.82, 2.24) is 0 Å². The molecule has 0 atom stereocenters. The largest absolute Gasteiger partial charge is 0.495 e. The van der Waals surface area contributed by atoms with Crippen LogP contribution < -0.4 is 9.47 Å². The number of hydrogen-bond acceptors (Lipinski definition) is 5. The molecule has 0 radical (unpaired) electrons. The van der Waals surface area contributed by atoms with Crippen molar-refractivity contribution in [3.8, 4) is 23.3 Å². The van der Waals surface area contributed by atoms with Crippen LogP contribution in [0.2, 0.25) is 0 Å². The second-order valence-corrected chi connectivity index (χ2v) is 5.03. The van der Waals surface area contributed by atoms with Crippen molar-refractivity contribution in [2.24, 2.45) is 0 Å². The molecule has 0 heterocycles. The summed E-state index contributed by atoms with van der Waals surface area (Å²) in [7, 11) is 3.08. The summed E-state index contributed by atoms with van der Waals surface area (Å²) in [5.41, 5.74) is 0.801. The van der Waals surface area contributed by atoms with Gasteiger partial charge in [-0.15, -0.1) is 0 Å². The predicted molar refractivity (Wildman–Crippen MR) is 96.4 cm³/mol. The van der Waals surface area contributed by atoms with Gasteiger partial charge in [0.2, 0.25) is 6.29 Å². The van der Waals surface area contributed by atoms with Gasteiger partial charge in [-0.1, -0.05) is 30.2 Å². The Morgan fingerprint density at radius 3 is 2.04 bits per heavy atom. The monoisotopic (exact) mass is 342 g/mol. The first kappa shape index (κ1) is 18.8. The third kappa shape index (κ3) is 3.93. The Morgan fingerprint density at radius 1 is 1.00 bits per heavy atom. The fourth-order valence-corrected chi connectivity index (χ4v) is 2.63. The second kappa shape index (κ2) is 9.07. The lowest BCUT2D eigenvalue weighted by atomic mass is 9.98. The van der Waals surface area contributed by atoms with Crippen LogP contribution in [0.5, 0.6) is 11.5 Å². The average Bonchev–Trinajstić information content (AvgIpc) is 2.64. The van der Waals surface area contributed by atoms with Crippen LogP contribution in [0.25, 0.3) is 10.8 Å². The van der Waals surface area contributed by atoms with E-state index < -0.39 is 6.29 Å². The number of fused-ring (bicyclic) bond motifs is 1. The number of carbonyl (C=O) groups excluding carboxylic acids is 1. The van der Waals surface area contributed by atoms with E-state index in [0.29, 0.717) is 35.8 Å². The Morgan fingerprint density at radius 2 is 1.56 bits per heavy atom. The number of benzene rings is 2. The molecule has 2 rings (SSSR count). The molecular formula is C20H22O5. The summed E-state index contributed by atoms with van der Waals surface area (Å²) in [6.45, 7) is 4.67. The van der Waals surface area contributed by atoms with Crippen molar-refractivity contribution in [3.63, 3.8) is 0 Å². The predicted octanol–water partition coefficient (Wildman–Crippen LogP) is 3.42. The molecule has 0 amide bonds. The highest BCUT2D eigenvalue weighted by atomic mass is 16.7. The minimum Gasteiger partial charge on any atom is -0.495 e. The molecule has 0 fully saturated rings. The van der Waals surface area contributed by atoms with Crippen LogP contribution in [0.4, 0.5) is 0 Å². The van der Waals surface area contributed by atoms with Crippen LogP contribution in [-0.2, 0) is 9.47 Å². The highest BCUT2D eigenvalue weighted by Gasteiger charge is 2.19. The van der Waals surface area contributed by atoms with E-state index in [1.807, 2.05) is 38.1 Å². The van der Waals surface area contributed by atoms with Crippen molar-refractivity contribution in [2.75, 3.05) is 27.4 Å². The Bertz CT molecular complexity index is 795. The fourth-order valence-electron chi connectivity index (χ4n) is 2.63. The third-order valence-corrected chi connectivity index (χ3v) is 3.63. The number of hydrogen-bond donors (Lipinski definition) is 0. The molecule has 25 heavy (non-hydrogen) atoms. The summed E-state index contributed by atoms with van der Waals surface area (Å²) >= 11 is 0. The Hall–Kier alpha value is -2.55. The molecule has 0 aliphatic heterocycles. The molecule has 2 aromatic rings. The molecule has 0 aliphatic rings. The Labute approximate surface area is 147 Å². The maximum absolute atomic E-state index is 11.7. The zero-order chi connectivity index (χ0) is 18.2. The highest BCUT2D eigenvalue weighted by molar-refractivity contribution is 6.03. The van der Waals surface area contributed by atoms with Crippen molar-refractivity contribution >= 4 is 17.1 Å². The van der Waals surface area contributed by atoms with Crippen molar-refractivity contribution in [1.29, 1.82) is 0 Å². The first-order valence-corrected chi connectivity index (χ1v) is 8.08. The summed E-state index contributed by atoms with van der Waals surface area (Å²) in [6, 6.07) is 7.55. The van der Waals surface area contributed by atoms with Gasteiger partial charge < -0.3 is 18.9 Å². The van der Waals surface area contributed by atoms with E-state index in [-0.39, 0.29) is 0 Å². The normalized spacial score (nSPS) is 10.4. The van der Waals surface area contributed by atoms with E-state index in [0.717, 1.165) is 17.1 Å². The molecule has 0 saturated heterocycles. The van der Waals surface area contributed by atoms with Gasteiger partial charge in [-0.2, -0.15) is 0 Å². The van der Waals surface area contributed by atoms with Gasteiger partial charge >= 0.3 is 0 Å². The van der Waals surface area contributed by atoms with Crippen molar-refractivity contribution in [2.45, 2.75) is 20.1 Å².